The third-order valence-electron chi connectivity index (χ3n) is 5.74. The standard InChI is InChI=1S/C25H20ClF2N3O4/c1-30-20-7-3-6-18(28)22(20)31(25(30)35)15-11-8-14(9-12-15)10-13-19(24(33)34)29-23(32)21-16(26)4-2-5-17(21)27/h2-9,11-12,19H,10,13H2,1H3,(H,29,32)(H,33,34)/t19-/m0/s1. The molecule has 180 valence electrons. The number of aryl methyl sites for hydroxylation is 2. The van der Waals surface area contributed by atoms with Gasteiger partial charge in [-0.3, -0.25) is 13.9 Å². The summed E-state index contributed by atoms with van der Waals surface area (Å²) in [4.78, 5) is 36.8. The van der Waals surface area contributed by atoms with Crippen molar-refractivity contribution >= 4 is 34.5 Å². The van der Waals surface area contributed by atoms with Crippen LogP contribution in [-0.2, 0) is 18.3 Å². The normalized spacial score (nSPS) is 12.0. The number of carboxylic acid groups (broad SMARTS) is 1. The minimum Gasteiger partial charge on any atom is -0.480 e. The van der Waals surface area contributed by atoms with Crippen LogP contribution < -0.4 is 11.0 Å². The van der Waals surface area contributed by atoms with Gasteiger partial charge in [-0.05, 0) is 54.8 Å². The maximum absolute atomic E-state index is 14.5. The molecule has 0 saturated carbocycles. The van der Waals surface area contributed by atoms with Crippen LogP contribution in [0.15, 0.2) is 65.5 Å². The molecule has 10 heteroatoms. The number of para-hydroxylation sites is 1. The van der Waals surface area contributed by atoms with Crippen molar-refractivity contribution < 1.29 is 23.5 Å². The second-order valence-electron chi connectivity index (χ2n) is 7.95. The van der Waals surface area contributed by atoms with Crippen LogP contribution in [0, 0.1) is 11.6 Å². The number of amides is 1. The van der Waals surface area contributed by atoms with Gasteiger partial charge in [-0.1, -0.05) is 35.9 Å². The highest BCUT2D eigenvalue weighted by molar-refractivity contribution is 6.33. The number of carbonyl (C=O) groups is 2. The summed E-state index contributed by atoms with van der Waals surface area (Å²) in [5, 5.41) is 11.7. The Morgan fingerprint density at radius 2 is 1.69 bits per heavy atom. The molecule has 0 saturated heterocycles. The Kier molecular flexibility index (Phi) is 6.70. The molecule has 35 heavy (non-hydrogen) atoms. The average molecular weight is 500 g/mol. The fraction of sp³-hybridized carbons (Fsp3) is 0.160. The zero-order valence-electron chi connectivity index (χ0n) is 18.5. The van der Waals surface area contributed by atoms with E-state index in [0.717, 1.165) is 11.6 Å². The van der Waals surface area contributed by atoms with Gasteiger partial charge in [0.25, 0.3) is 5.91 Å². The Morgan fingerprint density at radius 3 is 2.34 bits per heavy atom. The molecule has 1 atom stereocenters. The molecule has 4 aromatic rings. The maximum atomic E-state index is 14.5. The van der Waals surface area contributed by atoms with Gasteiger partial charge in [0, 0.05) is 7.05 Å². The molecule has 7 nitrogen and oxygen atoms in total. The van der Waals surface area contributed by atoms with Crippen molar-refractivity contribution in [1.29, 1.82) is 0 Å². The summed E-state index contributed by atoms with van der Waals surface area (Å²) in [7, 11) is 1.56. The SMILES string of the molecule is Cn1c(=O)n(-c2ccc(CC[C@H](NC(=O)c3c(F)cccc3Cl)C(=O)O)cc2)c2c(F)cccc21. The number of imidazole rings is 1. The smallest absolute Gasteiger partial charge is 0.333 e. The first-order valence-corrected chi connectivity index (χ1v) is 11.0. The lowest BCUT2D eigenvalue weighted by Gasteiger charge is -2.15. The van der Waals surface area contributed by atoms with Crippen LogP contribution in [0.3, 0.4) is 0 Å². The summed E-state index contributed by atoms with van der Waals surface area (Å²) in [5.41, 5.74) is 0.969. The first-order valence-electron chi connectivity index (χ1n) is 10.6. The van der Waals surface area contributed by atoms with E-state index < -0.39 is 40.8 Å². The molecule has 1 amide bonds. The van der Waals surface area contributed by atoms with Crippen LogP contribution in [-0.4, -0.2) is 32.2 Å². The third-order valence-corrected chi connectivity index (χ3v) is 6.05. The van der Waals surface area contributed by atoms with Gasteiger partial charge in [-0.2, -0.15) is 0 Å². The number of aromatic nitrogens is 2. The van der Waals surface area contributed by atoms with E-state index in [9.17, 15) is 28.3 Å². The quantitative estimate of drug-likeness (QED) is 0.401. The van der Waals surface area contributed by atoms with Crippen molar-refractivity contribution in [2.45, 2.75) is 18.9 Å². The van der Waals surface area contributed by atoms with Crippen LogP contribution in [0.4, 0.5) is 8.78 Å². The Bertz CT molecular complexity index is 1480. The van der Waals surface area contributed by atoms with Gasteiger partial charge in [0.1, 0.15) is 23.2 Å². The second-order valence-corrected chi connectivity index (χ2v) is 8.36. The number of carboxylic acids is 1. The predicted octanol–water partition coefficient (Wildman–Crippen LogP) is 4.08. The Hall–Kier alpha value is -3.98. The number of aliphatic carboxylic acids is 1. The average Bonchev–Trinajstić information content (AvgIpc) is 3.08. The Labute approximate surface area is 203 Å². The van der Waals surface area contributed by atoms with Crippen molar-refractivity contribution in [3.63, 3.8) is 0 Å². The topological polar surface area (TPSA) is 93.3 Å². The van der Waals surface area contributed by atoms with E-state index in [1.54, 1.807) is 37.4 Å². The van der Waals surface area contributed by atoms with Gasteiger partial charge < -0.3 is 10.4 Å². The number of fused-ring (bicyclic) bond motifs is 1. The Morgan fingerprint density at radius 1 is 1.03 bits per heavy atom. The molecule has 0 radical (unpaired) electrons. The molecule has 0 aliphatic rings. The van der Waals surface area contributed by atoms with Crippen molar-refractivity contribution in [3.8, 4) is 5.69 Å². The summed E-state index contributed by atoms with van der Waals surface area (Å²) in [5.74, 6) is -3.58. The van der Waals surface area contributed by atoms with E-state index >= 15 is 0 Å². The molecule has 0 fully saturated rings. The Balaban J connectivity index is 1.52. The largest absolute Gasteiger partial charge is 0.480 e. The number of benzene rings is 3. The molecule has 2 N–H and O–H groups in total. The first-order chi connectivity index (χ1) is 16.7. The molecule has 1 heterocycles. The highest BCUT2D eigenvalue weighted by Gasteiger charge is 2.24. The summed E-state index contributed by atoms with van der Waals surface area (Å²) >= 11 is 5.89. The zero-order valence-corrected chi connectivity index (χ0v) is 19.2. The summed E-state index contributed by atoms with van der Waals surface area (Å²) in [6.45, 7) is 0. The van der Waals surface area contributed by atoms with Crippen molar-refractivity contribution in [1.82, 2.24) is 14.5 Å². The molecule has 0 aliphatic heterocycles. The number of nitrogens with zero attached hydrogens (tertiary/aromatic N) is 2. The van der Waals surface area contributed by atoms with Crippen LogP contribution in [0.2, 0.25) is 5.02 Å². The lowest BCUT2D eigenvalue weighted by molar-refractivity contribution is -0.139. The minimum atomic E-state index is -1.28. The highest BCUT2D eigenvalue weighted by Crippen LogP contribution is 2.22. The van der Waals surface area contributed by atoms with Gasteiger partial charge in [0.2, 0.25) is 0 Å². The van der Waals surface area contributed by atoms with Crippen LogP contribution in [0.25, 0.3) is 16.7 Å². The molecule has 0 bridgehead atoms. The lowest BCUT2D eigenvalue weighted by Crippen LogP contribution is -2.41. The molecule has 0 spiro atoms. The minimum absolute atomic E-state index is 0.0232. The molecule has 4 rings (SSSR count). The van der Waals surface area contributed by atoms with E-state index in [4.69, 9.17) is 11.6 Å². The fourth-order valence-electron chi connectivity index (χ4n) is 3.91. The molecular weight excluding hydrogens is 480 g/mol. The van der Waals surface area contributed by atoms with Gasteiger partial charge >= 0.3 is 11.7 Å². The van der Waals surface area contributed by atoms with E-state index in [2.05, 4.69) is 5.32 Å². The van der Waals surface area contributed by atoms with Crippen LogP contribution >= 0.6 is 11.6 Å². The summed E-state index contributed by atoms with van der Waals surface area (Å²) in [6.07, 6.45) is 0.288. The van der Waals surface area contributed by atoms with Gasteiger partial charge in [0.05, 0.1) is 21.8 Å². The predicted molar refractivity (Wildman–Crippen MR) is 127 cm³/mol. The lowest BCUT2D eigenvalue weighted by atomic mass is 10.0. The monoisotopic (exact) mass is 499 g/mol. The highest BCUT2D eigenvalue weighted by atomic mass is 35.5. The molecule has 3 aromatic carbocycles. The summed E-state index contributed by atoms with van der Waals surface area (Å²) < 4.78 is 31.1. The van der Waals surface area contributed by atoms with E-state index in [1.165, 1.54) is 33.4 Å². The number of hydrogen-bond acceptors (Lipinski definition) is 3. The van der Waals surface area contributed by atoms with Gasteiger partial charge in [-0.25, -0.2) is 18.4 Å². The number of hydrogen-bond donors (Lipinski definition) is 2. The number of rotatable bonds is 7. The van der Waals surface area contributed by atoms with Crippen molar-refractivity contribution in [2.24, 2.45) is 7.05 Å². The second kappa shape index (κ2) is 9.71. The number of carbonyl (C=O) groups excluding carboxylic acids is 1. The van der Waals surface area contributed by atoms with Gasteiger partial charge in [0.15, 0.2) is 0 Å². The molecule has 0 aliphatic carbocycles. The van der Waals surface area contributed by atoms with Gasteiger partial charge in [-0.15, -0.1) is 0 Å². The number of nitrogens with one attached hydrogen (secondary N) is 1. The number of halogens is 3. The van der Waals surface area contributed by atoms with E-state index in [1.807, 2.05) is 0 Å². The third kappa shape index (κ3) is 4.67. The van der Waals surface area contributed by atoms with E-state index in [-0.39, 0.29) is 23.4 Å². The first kappa shape index (κ1) is 24.2. The maximum Gasteiger partial charge on any atom is 0.333 e. The van der Waals surface area contributed by atoms with E-state index in [0.29, 0.717) is 11.2 Å². The fourth-order valence-corrected chi connectivity index (χ4v) is 4.16. The van der Waals surface area contributed by atoms with Crippen molar-refractivity contribution in [3.05, 3.63) is 98.9 Å². The molecule has 1 aromatic heterocycles. The molecular formula is C25H20ClF2N3O4. The summed E-state index contributed by atoms with van der Waals surface area (Å²) in [6, 6.07) is 13.6. The van der Waals surface area contributed by atoms with Crippen LogP contribution in [0.1, 0.15) is 22.3 Å². The van der Waals surface area contributed by atoms with Crippen molar-refractivity contribution in [2.75, 3.05) is 0 Å². The van der Waals surface area contributed by atoms with Crippen LogP contribution in [0.5, 0.6) is 0 Å². The zero-order chi connectivity index (χ0) is 25.3. The molecule has 0 unspecified atom stereocenters.